The molecule has 28 heavy (non-hydrogen) atoms. The molecule has 1 aromatic rings. The Hall–Kier alpha value is -1.53. The Morgan fingerprint density at radius 2 is 1.82 bits per heavy atom. The van der Waals surface area contributed by atoms with E-state index >= 15 is 0 Å². The lowest BCUT2D eigenvalue weighted by Crippen LogP contribution is -2.41. The van der Waals surface area contributed by atoms with E-state index in [2.05, 4.69) is 34.6 Å². The van der Waals surface area contributed by atoms with E-state index in [-0.39, 0.29) is 30.5 Å². The van der Waals surface area contributed by atoms with Gasteiger partial charge in [0.1, 0.15) is 6.61 Å². The zero-order valence-corrected chi connectivity index (χ0v) is 17.9. The largest absolute Gasteiger partial charge is 0.457 e. The molecule has 0 saturated carbocycles. The van der Waals surface area contributed by atoms with Gasteiger partial charge in [-0.1, -0.05) is 36.8 Å². The van der Waals surface area contributed by atoms with E-state index < -0.39 is 0 Å². The van der Waals surface area contributed by atoms with Gasteiger partial charge in [-0.3, -0.25) is 0 Å². The van der Waals surface area contributed by atoms with E-state index in [9.17, 15) is 4.79 Å². The first kappa shape index (κ1) is 21.2. The van der Waals surface area contributed by atoms with Crippen LogP contribution < -0.4 is 0 Å². The van der Waals surface area contributed by atoms with Crippen molar-refractivity contribution in [1.29, 1.82) is 0 Å². The summed E-state index contributed by atoms with van der Waals surface area (Å²) in [4.78, 5) is 14.3. The van der Waals surface area contributed by atoms with Gasteiger partial charge in [0.15, 0.2) is 0 Å². The maximum Gasteiger partial charge on any atom is 0.457 e. The lowest BCUT2D eigenvalue weighted by atomic mass is 9.80. The molecule has 2 heterocycles. The van der Waals surface area contributed by atoms with Gasteiger partial charge in [0.05, 0.1) is 11.2 Å². The standard InChI is InChI=1S/C22H34BNO4/c1-17-19(12-9-14-23-27-21(2,3)22(4,5)28-23)13-15-24(17)20(25)26-16-18-10-7-6-8-11-18/h6-8,10-11,17,19H,9,12-16H2,1-5H3. The smallest absolute Gasteiger partial charge is 0.445 e. The van der Waals surface area contributed by atoms with Crippen LogP contribution in [0.3, 0.4) is 0 Å². The number of carbonyl (C=O) groups excluding carboxylic acids is 1. The summed E-state index contributed by atoms with van der Waals surface area (Å²) in [5.74, 6) is 0.506. The van der Waals surface area contributed by atoms with Crippen LogP contribution in [0.5, 0.6) is 0 Å². The van der Waals surface area contributed by atoms with Crippen molar-refractivity contribution in [2.24, 2.45) is 5.92 Å². The van der Waals surface area contributed by atoms with Crippen molar-refractivity contribution in [3.63, 3.8) is 0 Å². The summed E-state index contributed by atoms with van der Waals surface area (Å²) in [7, 11) is -0.131. The van der Waals surface area contributed by atoms with Gasteiger partial charge in [-0.15, -0.1) is 0 Å². The topological polar surface area (TPSA) is 48.0 Å². The van der Waals surface area contributed by atoms with Crippen molar-refractivity contribution >= 4 is 13.2 Å². The predicted molar refractivity (Wildman–Crippen MR) is 111 cm³/mol. The number of rotatable bonds is 6. The molecule has 1 amide bonds. The van der Waals surface area contributed by atoms with E-state index in [4.69, 9.17) is 14.0 Å². The fourth-order valence-corrected chi connectivity index (χ4v) is 4.08. The van der Waals surface area contributed by atoms with Crippen LogP contribution in [-0.2, 0) is 20.7 Å². The molecule has 154 valence electrons. The van der Waals surface area contributed by atoms with Gasteiger partial charge in [-0.2, -0.15) is 0 Å². The van der Waals surface area contributed by atoms with Gasteiger partial charge in [0, 0.05) is 12.6 Å². The van der Waals surface area contributed by atoms with Gasteiger partial charge in [-0.05, 0) is 65.3 Å². The van der Waals surface area contributed by atoms with E-state index in [1.807, 2.05) is 35.2 Å². The Morgan fingerprint density at radius 3 is 2.46 bits per heavy atom. The van der Waals surface area contributed by atoms with Crippen molar-refractivity contribution in [1.82, 2.24) is 4.90 Å². The minimum Gasteiger partial charge on any atom is -0.445 e. The summed E-state index contributed by atoms with van der Waals surface area (Å²) in [6, 6.07) is 10.0. The number of nitrogens with zero attached hydrogens (tertiary/aromatic N) is 1. The third-order valence-corrected chi connectivity index (χ3v) is 6.67. The number of likely N-dealkylation sites (tertiary alicyclic amines) is 1. The molecule has 3 rings (SSSR count). The molecule has 2 saturated heterocycles. The zero-order valence-electron chi connectivity index (χ0n) is 17.9. The molecule has 2 unspecified atom stereocenters. The lowest BCUT2D eigenvalue weighted by Gasteiger charge is -2.32. The highest BCUT2D eigenvalue weighted by Gasteiger charge is 2.50. The third kappa shape index (κ3) is 4.72. The van der Waals surface area contributed by atoms with E-state index in [0.29, 0.717) is 12.5 Å². The first-order valence-electron chi connectivity index (χ1n) is 10.5. The maximum atomic E-state index is 12.5. The summed E-state index contributed by atoms with van der Waals surface area (Å²) in [5, 5.41) is 0. The van der Waals surface area contributed by atoms with Gasteiger partial charge in [0.25, 0.3) is 0 Å². The Kier molecular flexibility index (Phi) is 6.40. The normalized spacial score (nSPS) is 25.9. The summed E-state index contributed by atoms with van der Waals surface area (Å²) >= 11 is 0. The van der Waals surface area contributed by atoms with E-state index in [1.165, 1.54) is 0 Å². The molecule has 0 spiro atoms. The second kappa shape index (κ2) is 8.46. The van der Waals surface area contributed by atoms with Crippen LogP contribution >= 0.6 is 0 Å². The van der Waals surface area contributed by atoms with Gasteiger partial charge >= 0.3 is 13.2 Å². The summed E-state index contributed by atoms with van der Waals surface area (Å²) < 4.78 is 17.7. The van der Waals surface area contributed by atoms with Crippen molar-refractivity contribution in [3.8, 4) is 0 Å². The molecule has 0 N–H and O–H groups in total. The molecule has 2 atom stereocenters. The minimum atomic E-state index is -0.266. The number of benzene rings is 1. The molecular formula is C22H34BNO4. The van der Waals surface area contributed by atoms with Crippen LogP contribution in [0, 0.1) is 5.92 Å². The number of ether oxygens (including phenoxy) is 1. The highest BCUT2D eigenvalue weighted by molar-refractivity contribution is 6.45. The van der Waals surface area contributed by atoms with Crippen molar-refractivity contribution in [3.05, 3.63) is 35.9 Å². The second-order valence-corrected chi connectivity index (χ2v) is 9.14. The molecule has 0 bridgehead atoms. The average Bonchev–Trinajstić information content (AvgIpc) is 3.10. The van der Waals surface area contributed by atoms with Crippen LogP contribution in [0.2, 0.25) is 6.32 Å². The van der Waals surface area contributed by atoms with Crippen LogP contribution in [-0.4, -0.2) is 41.9 Å². The second-order valence-electron chi connectivity index (χ2n) is 9.14. The predicted octanol–water partition coefficient (Wildman–Crippen LogP) is 4.91. The fourth-order valence-electron chi connectivity index (χ4n) is 4.08. The van der Waals surface area contributed by atoms with Crippen molar-refractivity contribution < 1.29 is 18.8 Å². The molecule has 2 aliphatic rings. The number of hydrogen-bond acceptors (Lipinski definition) is 4. The zero-order chi connectivity index (χ0) is 20.4. The molecule has 5 nitrogen and oxygen atoms in total. The van der Waals surface area contributed by atoms with Crippen molar-refractivity contribution in [2.45, 2.75) is 84.1 Å². The lowest BCUT2D eigenvalue weighted by molar-refractivity contribution is 0.00578. The number of carbonyl (C=O) groups is 1. The molecule has 6 heteroatoms. The van der Waals surface area contributed by atoms with Crippen LogP contribution in [0.4, 0.5) is 4.79 Å². The van der Waals surface area contributed by atoms with Gasteiger partial charge < -0.3 is 18.9 Å². The highest BCUT2D eigenvalue weighted by Crippen LogP contribution is 2.38. The van der Waals surface area contributed by atoms with Crippen LogP contribution in [0.25, 0.3) is 0 Å². The third-order valence-electron chi connectivity index (χ3n) is 6.67. The highest BCUT2D eigenvalue weighted by atomic mass is 16.7. The molecule has 0 aromatic heterocycles. The number of amides is 1. The first-order chi connectivity index (χ1) is 13.2. The molecule has 0 aliphatic carbocycles. The van der Waals surface area contributed by atoms with E-state index in [1.54, 1.807) is 0 Å². The quantitative estimate of drug-likeness (QED) is 0.651. The van der Waals surface area contributed by atoms with Crippen LogP contribution in [0.1, 0.15) is 59.4 Å². The monoisotopic (exact) mass is 387 g/mol. The van der Waals surface area contributed by atoms with Crippen LogP contribution in [0.15, 0.2) is 30.3 Å². The summed E-state index contributed by atoms with van der Waals surface area (Å²) in [6.45, 7) is 11.6. The first-order valence-corrected chi connectivity index (χ1v) is 10.5. The molecule has 0 radical (unpaired) electrons. The van der Waals surface area contributed by atoms with E-state index in [0.717, 1.165) is 37.7 Å². The number of hydrogen-bond donors (Lipinski definition) is 0. The van der Waals surface area contributed by atoms with Gasteiger partial charge in [0.2, 0.25) is 0 Å². The molecule has 2 fully saturated rings. The SMILES string of the molecule is CC1C(CCCB2OC(C)(C)C(C)(C)O2)CCN1C(=O)OCc1ccccc1. The Morgan fingerprint density at radius 1 is 1.18 bits per heavy atom. The maximum absolute atomic E-state index is 12.5. The molecular weight excluding hydrogens is 353 g/mol. The average molecular weight is 387 g/mol. The summed E-state index contributed by atoms with van der Waals surface area (Å²) in [6.07, 6.45) is 3.84. The van der Waals surface area contributed by atoms with Gasteiger partial charge in [-0.25, -0.2) is 4.79 Å². The fraction of sp³-hybridized carbons (Fsp3) is 0.682. The Labute approximate surface area is 169 Å². The minimum absolute atomic E-state index is 0.131. The Bertz CT molecular complexity index is 648. The summed E-state index contributed by atoms with van der Waals surface area (Å²) in [5.41, 5.74) is 0.483. The molecule has 2 aliphatic heterocycles. The van der Waals surface area contributed by atoms with Crippen molar-refractivity contribution in [2.75, 3.05) is 6.54 Å². The Balaban J connectivity index is 1.40. The molecule has 1 aromatic carbocycles.